The van der Waals surface area contributed by atoms with Crippen LogP contribution >= 0.6 is 0 Å². The van der Waals surface area contributed by atoms with Gasteiger partial charge in [-0.3, -0.25) is 9.59 Å². The third-order valence-corrected chi connectivity index (χ3v) is 6.36. The first-order valence-electron chi connectivity index (χ1n) is 9.28. The van der Waals surface area contributed by atoms with Crippen molar-refractivity contribution in [1.82, 2.24) is 14.4 Å². The fraction of sp³-hybridized carbons (Fsp3) is 0.450. The van der Waals surface area contributed by atoms with Crippen molar-refractivity contribution in [2.45, 2.75) is 38.1 Å². The summed E-state index contributed by atoms with van der Waals surface area (Å²) in [7, 11) is 0. The van der Waals surface area contributed by atoms with E-state index in [4.69, 9.17) is 4.74 Å². The van der Waals surface area contributed by atoms with Gasteiger partial charge in [0.2, 0.25) is 11.8 Å². The number of rotatable bonds is 2. The lowest BCUT2D eigenvalue weighted by molar-refractivity contribution is -0.140. The molecule has 3 fully saturated rings. The maximum atomic E-state index is 13.2. The molecule has 4 heterocycles. The molecule has 1 spiro atoms. The predicted molar refractivity (Wildman–Crippen MR) is 96.5 cm³/mol. The number of nitriles is 1. The molecule has 1 aromatic heterocycles. The summed E-state index contributed by atoms with van der Waals surface area (Å²) in [5.41, 5.74) is 1.67. The minimum Gasteiger partial charge on any atom is -0.351 e. The van der Waals surface area contributed by atoms with E-state index in [-0.39, 0.29) is 24.4 Å². The number of nitrogens with zero attached hydrogens (tertiary/aromatic N) is 4. The Labute approximate surface area is 156 Å². The minimum atomic E-state index is -0.613. The van der Waals surface area contributed by atoms with Crippen molar-refractivity contribution >= 4 is 22.7 Å². The lowest BCUT2D eigenvalue weighted by Gasteiger charge is -2.31. The summed E-state index contributed by atoms with van der Waals surface area (Å²) in [6, 6.07) is 9.70. The molecular weight excluding hydrogens is 344 g/mol. The number of aromatic nitrogens is 1. The summed E-state index contributed by atoms with van der Waals surface area (Å²) in [5, 5.41) is 10.4. The Balaban J connectivity index is 1.47. The summed E-state index contributed by atoms with van der Waals surface area (Å²) in [6.45, 7) is 3.78. The van der Waals surface area contributed by atoms with Crippen molar-refractivity contribution in [3.63, 3.8) is 0 Å². The van der Waals surface area contributed by atoms with Crippen LogP contribution in [0.15, 0.2) is 24.3 Å². The molecule has 2 atom stereocenters. The molecular formula is C20H20N4O3. The van der Waals surface area contributed by atoms with Crippen LogP contribution in [0, 0.1) is 18.3 Å². The SMILES string of the molecule is Cc1c(C#N)c2ccccc2n1CC(=O)N1CC[C@@]23OCCN2C(=O)C[C@@H]13. The lowest BCUT2D eigenvalue weighted by atomic mass is 10.1. The molecule has 0 saturated carbocycles. The van der Waals surface area contributed by atoms with Crippen molar-refractivity contribution in [3.05, 3.63) is 35.5 Å². The Morgan fingerprint density at radius 1 is 1.37 bits per heavy atom. The Kier molecular flexibility index (Phi) is 3.37. The van der Waals surface area contributed by atoms with Gasteiger partial charge >= 0.3 is 0 Å². The van der Waals surface area contributed by atoms with Crippen LogP contribution < -0.4 is 0 Å². The topological polar surface area (TPSA) is 78.6 Å². The van der Waals surface area contributed by atoms with E-state index in [1.807, 2.05) is 45.6 Å². The second-order valence-electron chi connectivity index (χ2n) is 7.47. The highest BCUT2D eigenvalue weighted by Crippen LogP contribution is 2.45. The highest BCUT2D eigenvalue weighted by atomic mass is 16.5. The molecule has 7 heteroatoms. The zero-order chi connectivity index (χ0) is 18.8. The maximum Gasteiger partial charge on any atom is 0.242 e. The van der Waals surface area contributed by atoms with Crippen molar-refractivity contribution in [2.24, 2.45) is 0 Å². The standard InChI is InChI=1S/C20H20N4O3/c1-13-15(11-21)14-4-2-3-5-16(14)23(13)12-19(26)22-7-6-20-17(22)10-18(25)24(20)8-9-27-20/h2-5,17H,6-10,12H2,1H3/t17-,20+/m1/s1. The summed E-state index contributed by atoms with van der Waals surface area (Å²) in [6.07, 6.45) is 1.00. The van der Waals surface area contributed by atoms with Crippen LogP contribution in [0.2, 0.25) is 0 Å². The average molecular weight is 364 g/mol. The number of carbonyl (C=O) groups excluding carboxylic acids is 2. The minimum absolute atomic E-state index is 0.0321. The van der Waals surface area contributed by atoms with Crippen LogP contribution in [-0.4, -0.2) is 57.6 Å². The molecule has 27 heavy (non-hydrogen) atoms. The van der Waals surface area contributed by atoms with Crippen molar-refractivity contribution < 1.29 is 14.3 Å². The number of fused-ring (bicyclic) bond motifs is 1. The van der Waals surface area contributed by atoms with Crippen LogP contribution in [-0.2, 0) is 20.9 Å². The van der Waals surface area contributed by atoms with Crippen molar-refractivity contribution in [3.8, 4) is 6.07 Å². The second-order valence-corrected chi connectivity index (χ2v) is 7.47. The highest BCUT2D eigenvalue weighted by Gasteiger charge is 2.62. The van der Waals surface area contributed by atoms with Crippen molar-refractivity contribution in [2.75, 3.05) is 19.7 Å². The molecule has 5 rings (SSSR count). The zero-order valence-corrected chi connectivity index (χ0v) is 15.1. The van der Waals surface area contributed by atoms with Gasteiger partial charge in [0.05, 0.1) is 30.1 Å². The molecule has 2 aromatic rings. The molecule has 138 valence electrons. The molecule has 7 nitrogen and oxygen atoms in total. The van der Waals surface area contributed by atoms with Crippen LogP contribution in [0.5, 0.6) is 0 Å². The summed E-state index contributed by atoms with van der Waals surface area (Å²) in [4.78, 5) is 29.1. The highest BCUT2D eigenvalue weighted by molar-refractivity contribution is 5.90. The normalized spacial score (nSPS) is 26.5. The Hall–Kier alpha value is -2.85. The van der Waals surface area contributed by atoms with Gasteiger partial charge in [0.25, 0.3) is 0 Å². The van der Waals surface area contributed by atoms with E-state index in [0.29, 0.717) is 38.1 Å². The number of hydrogen-bond acceptors (Lipinski definition) is 4. The maximum absolute atomic E-state index is 13.2. The molecule has 0 bridgehead atoms. The average Bonchev–Trinajstić information content (AvgIpc) is 3.36. The largest absolute Gasteiger partial charge is 0.351 e. The Bertz CT molecular complexity index is 1020. The smallest absolute Gasteiger partial charge is 0.242 e. The fourth-order valence-electron chi connectivity index (χ4n) is 5.09. The summed E-state index contributed by atoms with van der Waals surface area (Å²) < 4.78 is 7.87. The lowest BCUT2D eigenvalue weighted by Crippen LogP contribution is -2.49. The van der Waals surface area contributed by atoms with Gasteiger partial charge in [-0.05, 0) is 13.0 Å². The van der Waals surface area contributed by atoms with Crippen molar-refractivity contribution in [1.29, 1.82) is 5.26 Å². The van der Waals surface area contributed by atoms with Gasteiger partial charge < -0.3 is 19.1 Å². The molecule has 0 unspecified atom stereocenters. The van der Waals surface area contributed by atoms with Gasteiger partial charge in [-0.2, -0.15) is 5.26 Å². The van der Waals surface area contributed by atoms with E-state index in [9.17, 15) is 14.9 Å². The van der Waals surface area contributed by atoms with Crippen LogP contribution in [0.1, 0.15) is 24.1 Å². The zero-order valence-electron chi connectivity index (χ0n) is 15.1. The number of hydrogen-bond donors (Lipinski definition) is 0. The summed E-state index contributed by atoms with van der Waals surface area (Å²) in [5.74, 6) is 0.0414. The van der Waals surface area contributed by atoms with E-state index in [2.05, 4.69) is 6.07 Å². The van der Waals surface area contributed by atoms with Gasteiger partial charge in [-0.25, -0.2) is 0 Å². The first kappa shape index (κ1) is 16.3. The molecule has 3 aliphatic heterocycles. The third kappa shape index (κ3) is 2.05. The quantitative estimate of drug-likeness (QED) is 0.807. The van der Waals surface area contributed by atoms with Crippen LogP contribution in [0.25, 0.3) is 10.9 Å². The van der Waals surface area contributed by atoms with E-state index in [0.717, 1.165) is 16.6 Å². The van der Waals surface area contributed by atoms with E-state index < -0.39 is 5.72 Å². The molecule has 0 N–H and O–H groups in total. The van der Waals surface area contributed by atoms with Gasteiger partial charge in [-0.1, -0.05) is 18.2 Å². The number of carbonyl (C=O) groups is 2. The number of ether oxygens (including phenoxy) is 1. The van der Waals surface area contributed by atoms with E-state index >= 15 is 0 Å². The molecule has 2 amide bonds. The Morgan fingerprint density at radius 3 is 3.00 bits per heavy atom. The van der Waals surface area contributed by atoms with Gasteiger partial charge in [0, 0.05) is 30.6 Å². The molecule has 0 radical (unpaired) electrons. The van der Waals surface area contributed by atoms with Gasteiger partial charge in [-0.15, -0.1) is 0 Å². The van der Waals surface area contributed by atoms with Crippen LogP contribution in [0.3, 0.4) is 0 Å². The molecule has 3 aliphatic rings. The van der Waals surface area contributed by atoms with E-state index in [1.165, 1.54) is 0 Å². The van der Waals surface area contributed by atoms with E-state index in [1.54, 1.807) is 0 Å². The number of likely N-dealkylation sites (tertiary alicyclic amines) is 1. The fourth-order valence-corrected chi connectivity index (χ4v) is 5.09. The second kappa shape index (κ2) is 5.57. The molecule has 3 saturated heterocycles. The Morgan fingerprint density at radius 2 is 2.19 bits per heavy atom. The number of amides is 2. The first-order valence-corrected chi connectivity index (χ1v) is 9.28. The first-order chi connectivity index (χ1) is 13.1. The van der Waals surface area contributed by atoms with Gasteiger partial charge in [0.15, 0.2) is 5.72 Å². The van der Waals surface area contributed by atoms with Crippen LogP contribution in [0.4, 0.5) is 0 Å². The molecule has 0 aliphatic carbocycles. The van der Waals surface area contributed by atoms with Gasteiger partial charge in [0.1, 0.15) is 12.6 Å². The predicted octanol–water partition coefficient (Wildman–Crippen LogP) is 1.38. The third-order valence-electron chi connectivity index (χ3n) is 6.36. The summed E-state index contributed by atoms with van der Waals surface area (Å²) >= 11 is 0. The monoisotopic (exact) mass is 364 g/mol. The number of benzene rings is 1. The molecule has 1 aromatic carbocycles. The number of para-hydroxylation sites is 1.